The molecule has 3 heterocycles. The van der Waals surface area contributed by atoms with Crippen molar-refractivity contribution < 1.29 is 4.79 Å². The van der Waals surface area contributed by atoms with Crippen LogP contribution in [0.15, 0.2) is 60.7 Å². The van der Waals surface area contributed by atoms with Crippen LogP contribution in [-0.2, 0) is 12.1 Å². The number of carbonyl (C=O) groups is 1. The molecule has 2 aliphatic heterocycles. The van der Waals surface area contributed by atoms with E-state index in [-0.39, 0.29) is 11.4 Å². The van der Waals surface area contributed by atoms with Gasteiger partial charge in [-0.1, -0.05) is 48.5 Å². The first-order valence-electron chi connectivity index (χ1n) is 11.9. The molecular weight excluding hydrogens is 414 g/mol. The molecule has 0 saturated carbocycles. The zero-order valence-electron chi connectivity index (χ0n) is 18.9. The van der Waals surface area contributed by atoms with Gasteiger partial charge in [-0.15, -0.1) is 5.10 Å². The van der Waals surface area contributed by atoms with E-state index in [1.807, 2.05) is 58.1 Å². The smallest absolute Gasteiger partial charge is 0.253 e. The lowest BCUT2D eigenvalue weighted by Crippen LogP contribution is -2.56. The molecule has 3 aromatic rings. The van der Waals surface area contributed by atoms with E-state index in [1.165, 1.54) is 5.56 Å². The fraction of sp³-hybridized carbons (Fsp3) is 0.440. The van der Waals surface area contributed by atoms with Crippen LogP contribution >= 0.6 is 0 Å². The number of nitrogens with zero attached hydrogens (tertiary/aromatic N) is 6. The highest BCUT2D eigenvalue weighted by atomic mass is 16.2. The van der Waals surface area contributed by atoms with Crippen LogP contribution in [0, 0.1) is 0 Å². The molecule has 1 amide bonds. The minimum atomic E-state index is -0.280. The van der Waals surface area contributed by atoms with Crippen molar-refractivity contribution in [2.24, 2.45) is 0 Å². The fourth-order valence-electron chi connectivity index (χ4n) is 5.20. The van der Waals surface area contributed by atoms with Gasteiger partial charge in [-0.3, -0.25) is 9.69 Å². The summed E-state index contributed by atoms with van der Waals surface area (Å²) in [6.45, 7) is 5.95. The maximum atomic E-state index is 13.1. The largest absolute Gasteiger partial charge is 0.338 e. The number of amides is 1. The zero-order valence-corrected chi connectivity index (χ0v) is 18.9. The van der Waals surface area contributed by atoms with Crippen molar-refractivity contribution in [3.8, 4) is 0 Å². The molecule has 2 fully saturated rings. The number of hydrogen-bond acceptors (Lipinski definition) is 6. The average Bonchev–Trinajstić information content (AvgIpc) is 3.16. The Morgan fingerprint density at radius 1 is 0.909 bits per heavy atom. The van der Waals surface area contributed by atoms with E-state index in [2.05, 4.69) is 37.9 Å². The molecule has 172 valence electrons. The van der Waals surface area contributed by atoms with Gasteiger partial charge in [0.15, 0.2) is 5.82 Å². The molecule has 1 N–H and O–H groups in total. The predicted octanol–water partition coefficient (Wildman–Crippen LogP) is 2.15. The topological polar surface area (TPSA) is 79.2 Å². The van der Waals surface area contributed by atoms with Gasteiger partial charge < -0.3 is 10.2 Å². The van der Waals surface area contributed by atoms with Gasteiger partial charge in [0.25, 0.3) is 5.91 Å². The molecule has 5 rings (SSSR count). The maximum absolute atomic E-state index is 13.1. The number of carbonyl (C=O) groups excluding carboxylic acids is 1. The quantitative estimate of drug-likeness (QED) is 0.648. The third-order valence-corrected chi connectivity index (χ3v) is 6.97. The number of aromatic nitrogens is 4. The van der Waals surface area contributed by atoms with Crippen molar-refractivity contribution in [2.75, 3.05) is 39.3 Å². The normalized spacial score (nSPS) is 19.2. The monoisotopic (exact) mass is 445 g/mol. The SMILES string of the molecule is O=C(c1ccccc1)N1CCC(c2nnnn2Cc2ccccc2)(N2CCCNCC2)CC1. The minimum absolute atomic E-state index is 0.102. The summed E-state index contributed by atoms with van der Waals surface area (Å²) in [7, 11) is 0. The summed E-state index contributed by atoms with van der Waals surface area (Å²) in [5, 5.41) is 16.6. The number of piperidine rings is 1. The molecule has 33 heavy (non-hydrogen) atoms. The molecule has 0 spiro atoms. The third kappa shape index (κ3) is 4.54. The molecule has 1 aromatic heterocycles. The van der Waals surface area contributed by atoms with Crippen molar-refractivity contribution >= 4 is 5.91 Å². The van der Waals surface area contributed by atoms with Gasteiger partial charge in [0.2, 0.25) is 0 Å². The van der Waals surface area contributed by atoms with E-state index >= 15 is 0 Å². The van der Waals surface area contributed by atoms with E-state index in [0.717, 1.165) is 56.8 Å². The van der Waals surface area contributed by atoms with Crippen LogP contribution in [0.2, 0.25) is 0 Å². The van der Waals surface area contributed by atoms with E-state index in [1.54, 1.807) is 0 Å². The van der Waals surface area contributed by atoms with Gasteiger partial charge in [0.1, 0.15) is 0 Å². The van der Waals surface area contributed by atoms with Crippen LogP contribution in [0.5, 0.6) is 0 Å². The van der Waals surface area contributed by atoms with Gasteiger partial charge in [0, 0.05) is 38.3 Å². The van der Waals surface area contributed by atoms with E-state index in [4.69, 9.17) is 0 Å². The van der Waals surface area contributed by atoms with Crippen LogP contribution in [0.4, 0.5) is 0 Å². The summed E-state index contributed by atoms with van der Waals surface area (Å²) >= 11 is 0. The number of benzene rings is 2. The molecule has 2 aromatic carbocycles. The Balaban J connectivity index is 1.43. The number of hydrogen-bond donors (Lipinski definition) is 1. The fourth-order valence-corrected chi connectivity index (χ4v) is 5.20. The third-order valence-electron chi connectivity index (χ3n) is 6.97. The highest BCUT2D eigenvalue weighted by Gasteiger charge is 2.46. The van der Waals surface area contributed by atoms with Gasteiger partial charge in [-0.25, -0.2) is 4.68 Å². The highest BCUT2D eigenvalue weighted by molar-refractivity contribution is 5.94. The summed E-state index contributed by atoms with van der Waals surface area (Å²) < 4.78 is 1.96. The maximum Gasteiger partial charge on any atom is 0.253 e. The Kier molecular flexibility index (Phi) is 6.46. The van der Waals surface area contributed by atoms with Crippen molar-refractivity contribution in [2.45, 2.75) is 31.3 Å². The molecule has 0 radical (unpaired) electrons. The lowest BCUT2D eigenvalue weighted by atomic mass is 9.83. The lowest BCUT2D eigenvalue weighted by Gasteiger charge is -2.47. The van der Waals surface area contributed by atoms with Crippen LogP contribution in [0.3, 0.4) is 0 Å². The Hall–Kier alpha value is -3.10. The summed E-state index contributed by atoms with van der Waals surface area (Å²) in [5.74, 6) is 1.02. The summed E-state index contributed by atoms with van der Waals surface area (Å²) in [5.41, 5.74) is 1.64. The molecule has 8 nitrogen and oxygen atoms in total. The second kappa shape index (κ2) is 9.80. The van der Waals surface area contributed by atoms with Crippen LogP contribution in [-0.4, -0.2) is 75.2 Å². The Morgan fingerprint density at radius 2 is 1.64 bits per heavy atom. The lowest BCUT2D eigenvalue weighted by molar-refractivity contribution is 0.0121. The first-order valence-corrected chi connectivity index (χ1v) is 11.9. The second-order valence-electron chi connectivity index (χ2n) is 8.93. The van der Waals surface area contributed by atoms with Crippen LogP contribution < -0.4 is 5.32 Å². The van der Waals surface area contributed by atoms with Crippen LogP contribution in [0.1, 0.15) is 41.0 Å². The van der Waals surface area contributed by atoms with Gasteiger partial charge in [-0.2, -0.15) is 0 Å². The van der Waals surface area contributed by atoms with Gasteiger partial charge >= 0.3 is 0 Å². The molecule has 0 aliphatic carbocycles. The van der Waals surface area contributed by atoms with Crippen molar-refractivity contribution in [3.63, 3.8) is 0 Å². The van der Waals surface area contributed by atoms with Crippen LogP contribution in [0.25, 0.3) is 0 Å². The summed E-state index contributed by atoms with van der Waals surface area (Å²) in [6, 6.07) is 19.9. The van der Waals surface area contributed by atoms with Crippen molar-refractivity contribution in [1.82, 2.24) is 35.3 Å². The number of likely N-dealkylation sites (tertiary alicyclic amines) is 1. The number of nitrogens with one attached hydrogen (secondary N) is 1. The molecule has 8 heteroatoms. The average molecular weight is 446 g/mol. The Labute approximate surface area is 194 Å². The predicted molar refractivity (Wildman–Crippen MR) is 126 cm³/mol. The highest BCUT2D eigenvalue weighted by Crippen LogP contribution is 2.38. The molecule has 2 saturated heterocycles. The Morgan fingerprint density at radius 3 is 2.39 bits per heavy atom. The van der Waals surface area contributed by atoms with E-state index in [9.17, 15) is 4.79 Å². The van der Waals surface area contributed by atoms with Crippen molar-refractivity contribution in [3.05, 3.63) is 77.6 Å². The molecular formula is C25H31N7O. The summed E-state index contributed by atoms with van der Waals surface area (Å²) in [4.78, 5) is 17.6. The van der Waals surface area contributed by atoms with Gasteiger partial charge in [0.05, 0.1) is 12.1 Å². The molecule has 0 atom stereocenters. The standard InChI is InChI=1S/C25H31N7O/c33-23(22-10-5-2-6-11-22)30-17-12-25(13-18-30,31-16-7-14-26-15-19-31)24-27-28-29-32(24)20-21-8-3-1-4-9-21/h1-6,8-11,26H,7,12-20H2. The first kappa shape index (κ1) is 21.7. The van der Waals surface area contributed by atoms with E-state index in [0.29, 0.717) is 19.6 Å². The number of tetrazole rings is 1. The summed E-state index contributed by atoms with van der Waals surface area (Å²) in [6.07, 6.45) is 2.73. The second-order valence-corrected chi connectivity index (χ2v) is 8.93. The van der Waals surface area contributed by atoms with E-state index < -0.39 is 0 Å². The Bertz CT molecular complexity index is 1040. The number of rotatable bonds is 5. The zero-order chi connectivity index (χ0) is 22.5. The molecule has 2 aliphatic rings. The van der Waals surface area contributed by atoms with Gasteiger partial charge in [-0.05, 0) is 53.9 Å². The molecule has 0 bridgehead atoms. The van der Waals surface area contributed by atoms with Crippen molar-refractivity contribution in [1.29, 1.82) is 0 Å². The minimum Gasteiger partial charge on any atom is -0.338 e. The first-order chi connectivity index (χ1) is 16.3. The molecule has 0 unspecified atom stereocenters.